The van der Waals surface area contributed by atoms with Crippen molar-refractivity contribution in [1.29, 1.82) is 0 Å². The molecule has 1 aromatic rings. The predicted octanol–water partition coefficient (Wildman–Crippen LogP) is 4.46. The first-order chi connectivity index (χ1) is 17.2. The molecule has 0 spiro atoms. The van der Waals surface area contributed by atoms with E-state index in [9.17, 15) is 14.4 Å². The number of carbonyl (C=O) groups excluding carboxylic acids is 3. The van der Waals surface area contributed by atoms with Gasteiger partial charge in [-0.15, -0.1) is 0 Å². The second kappa shape index (κ2) is 12.0. The Morgan fingerprint density at radius 3 is 2.47 bits per heavy atom. The Balaban J connectivity index is 1.35. The highest BCUT2D eigenvalue weighted by atomic mass is 35.5. The van der Waals surface area contributed by atoms with Gasteiger partial charge in [0.2, 0.25) is 17.7 Å². The van der Waals surface area contributed by atoms with Gasteiger partial charge in [0, 0.05) is 75.3 Å². The Morgan fingerprint density at radius 1 is 1.03 bits per heavy atom. The zero-order valence-electron chi connectivity index (χ0n) is 22.0. The third kappa shape index (κ3) is 6.60. The number of halogens is 1. The zero-order chi connectivity index (χ0) is 25.8. The maximum Gasteiger partial charge on any atom is 0.226 e. The second-order valence-corrected chi connectivity index (χ2v) is 11.5. The molecule has 0 bridgehead atoms. The molecular weight excluding hydrogens is 476 g/mol. The van der Waals surface area contributed by atoms with Crippen molar-refractivity contribution >= 4 is 35.0 Å². The van der Waals surface area contributed by atoms with Crippen LogP contribution in [0.5, 0.6) is 0 Å². The van der Waals surface area contributed by atoms with E-state index in [0.717, 1.165) is 75.2 Å². The number of nitrogens with one attached hydrogen (secondary N) is 1. The minimum atomic E-state index is -0.0330. The highest BCUT2D eigenvalue weighted by molar-refractivity contribution is 6.31. The standard InChI is InChI=1S/C28H41ClN4O3/c1-19-16-31(11-12-33(19)28(36)23-8-4-5-9-23)18-24-14-25(29)15-26(20(24)2)30-27(35)13-22-7-6-10-32(17-22)21(3)34/h14-15,19,22-23H,4-13,16-18H2,1-3H3,(H,30,35)/t19-,22+/m0/s1. The molecule has 2 saturated heterocycles. The average Bonchev–Trinajstić information content (AvgIpc) is 3.37. The Hall–Kier alpha value is -2.12. The van der Waals surface area contributed by atoms with Crippen LogP contribution in [0, 0.1) is 18.8 Å². The fourth-order valence-corrected chi connectivity index (χ4v) is 6.40. The first kappa shape index (κ1) is 26.9. The number of piperazine rings is 1. The summed E-state index contributed by atoms with van der Waals surface area (Å²) in [4.78, 5) is 43.8. The number of carbonyl (C=O) groups is 3. The lowest BCUT2D eigenvalue weighted by Gasteiger charge is -2.41. The minimum Gasteiger partial charge on any atom is -0.343 e. The number of nitrogens with zero attached hydrogens (tertiary/aromatic N) is 3. The van der Waals surface area contributed by atoms with Gasteiger partial charge in [0.1, 0.15) is 0 Å². The molecule has 2 atom stereocenters. The van der Waals surface area contributed by atoms with Crippen molar-refractivity contribution in [2.45, 2.75) is 78.3 Å². The number of hydrogen-bond acceptors (Lipinski definition) is 4. The van der Waals surface area contributed by atoms with Crippen molar-refractivity contribution in [3.8, 4) is 0 Å². The molecule has 7 nitrogen and oxygen atoms in total. The molecule has 3 aliphatic rings. The van der Waals surface area contributed by atoms with E-state index in [2.05, 4.69) is 22.0 Å². The number of piperidine rings is 1. The normalized spacial score (nSPS) is 23.7. The number of anilines is 1. The van der Waals surface area contributed by atoms with E-state index in [1.807, 2.05) is 24.0 Å². The quantitative estimate of drug-likeness (QED) is 0.606. The number of likely N-dealkylation sites (tertiary alicyclic amines) is 1. The summed E-state index contributed by atoms with van der Waals surface area (Å²) in [7, 11) is 0. The van der Waals surface area contributed by atoms with Crippen molar-refractivity contribution in [2.24, 2.45) is 11.8 Å². The molecule has 0 radical (unpaired) electrons. The fraction of sp³-hybridized carbons (Fsp3) is 0.679. The molecule has 1 N–H and O–H groups in total. The van der Waals surface area contributed by atoms with Crippen LogP contribution in [0.15, 0.2) is 12.1 Å². The van der Waals surface area contributed by atoms with Gasteiger partial charge in [-0.25, -0.2) is 0 Å². The van der Waals surface area contributed by atoms with E-state index in [4.69, 9.17) is 11.6 Å². The molecule has 0 unspecified atom stereocenters. The molecule has 36 heavy (non-hydrogen) atoms. The van der Waals surface area contributed by atoms with Crippen molar-refractivity contribution in [3.63, 3.8) is 0 Å². The summed E-state index contributed by atoms with van der Waals surface area (Å²) in [5.41, 5.74) is 2.88. The van der Waals surface area contributed by atoms with Gasteiger partial charge in [0.25, 0.3) is 0 Å². The number of benzene rings is 1. The van der Waals surface area contributed by atoms with Crippen LogP contribution >= 0.6 is 11.6 Å². The van der Waals surface area contributed by atoms with Crippen LogP contribution < -0.4 is 5.32 Å². The highest BCUT2D eigenvalue weighted by Crippen LogP contribution is 2.30. The smallest absolute Gasteiger partial charge is 0.226 e. The second-order valence-electron chi connectivity index (χ2n) is 11.1. The average molecular weight is 517 g/mol. The van der Waals surface area contributed by atoms with Gasteiger partial charge < -0.3 is 15.1 Å². The maximum absolute atomic E-state index is 12.9. The van der Waals surface area contributed by atoms with E-state index in [1.165, 1.54) is 12.8 Å². The van der Waals surface area contributed by atoms with E-state index >= 15 is 0 Å². The van der Waals surface area contributed by atoms with Crippen LogP contribution in [0.3, 0.4) is 0 Å². The van der Waals surface area contributed by atoms with Gasteiger partial charge in [-0.05, 0) is 68.7 Å². The first-order valence-corrected chi connectivity index (χ1v) is 14.0. The zero-order valence-corrected chi connectivity index (χ0v) is 22.8. The number of amides is 3. The molecule has 4 rings (SSSR count). The van der Waals surface area contributed by atoms with Gasteiger partial charge in [0.05, 0.1) is 0 Å². The van der Waals surface area contributed by atoms with Crippen LogP contribution in [0.25, 0.3) is 0 Å². The van der Waals surface area contributed by atoms with Gasteiger partial charge >= 0.3 is 0 Å². The van der Waals surface area contributed by atoms with Gasteiger partial charge in [-0.1, -0.05) is 24.4 Å². The van der Waals surface area contributed by atoms with E-state index < -0.39 is 0 Å². The summed E-state index contributed by atoms with van der Waals surface area (Å²) in [6, 6.07) is 4.00. The number of rotatable bonds is 6. The predicted molar refractivity (Wildman–Crippen MR) is 143 cm³/mol. The molecule has 3 fully saturated rings. The van der Waals surface area contributed by atoms with Gasteiger partial charge in [-0.2, -0.15) is 0 Å². The molecule has 1 aromatic carbocycles. The number of hydrogen-bond donors (Lipinski definition) is 1. The minimum absolute atomic E-state index is 0.0330. The third-order valence-electron chi connectivity index (χ3n) is 8.29. The van der Waals surface area contributed by atoms with Crippen LogP contribution in [0.2, 0.25) is 5.02 Å². The van der Waals surface area contributed by atoms with E-state index in [0.29, 0.717) is 23.9 Å². The van der Waals surface area contributed by atoms with Gasteiger partial charge in [-0.3, -0.25) is 19.3 Å². The lowest BCUT2D eigenvalue weighted by atomic mass is 9.94. The summed E-state index contributed by atoms with van der Waals surface area (Å²) < 4.78 is 0. The Labute approximate surface area is 220 Å². The molecule has 0 aromatic heterocycles. The topological polar surface area (TPSA) is 73.0 Å². The van der Waals surface area contributed by atoms with Crippen molar-refractivity contribution in [1.82, 2.24) is 14.7 Å². The molecule has 3 amide bonds. The Morgan fingerprint density at radius 2 is 1.78 bits per heavy atom. The highest BCUT2D eigenvalue weighted by Gasteiger charge is 2.33. The third-order valence-corrected chi connectivity index (χ3v) is 8.50. The monoisotopic (exact) mass is 516 g/mol. The molecule has 2 aliphatic heterocycles. The Kier molecular flexibility index (Phi) is 8.94. The maximum atomic E-state index is 12.9. The summed E-state index contributed by atoms with van der Waals surface area (Å²) in [5, 5.41) is 3.69. The molecule has 1 saturated carbocycles. The van der Waals surface area contributed by atoms with Crippen molar-refractivity contribution in [2.75, 3.05) is 38.0 Å². The van der Waals surface area contributed by atoms with Crippen LogP contribution in [0.1, 0.15) is 69.9 Å². The lowest BCUT2D eigenvalue weighted by molar-refractivity contribution is -0.140. The summed E-state index contributed by atoms with van der Waals surface area (Å²) >= 11 is 6.47. The fourth-order valence-electron chi connectivity index (χ4n) is 6.16. The molecule has 2 heterocycles. The summed E-state index contributed by atoms with van der Waals surface area (Å²) in [5.74, 6) is 0.793. The van der Waals surface area contributed by atoms with E-state index in [1.54, 1.807) is 6.92 Å². The van der Waals surface area contributed by atoms with Crippen LogP contribution in [0.4, 0.5) is 5.69 Å². The Bertz CT molecular complexity index is 978. The van der Waals surface area contributed by atoms with Crippen LogP contribution in [-0.4, -0.2) is 71.2 Å². The van der Waals surface area contributed by atoms with Crippen molar-refractivity contribution < 1.29 is 14.4 Å². The molecule has 1 aliphatic carbocycles. The largest absolute Gasteiger partial charge is 0.343 e. The van der Waals surface area contributed by atoms with E-state index in [-0.39, 0.29) is 29.7 Å². The summed E-state index contributed by atoms with van der Waals surface area (Å²) in [6.45, 7) is 10.4. The van der Waals surface area contributed by atoms with Crippen LogP contribution in [-0.2, 0) is 20.9 Å². The first-order valence-electron chi connectivity index (χ1n) is 13.6. The lowest BCUT2D eigenvalue weighted by Crippen LogP contribution is -2.54. The summed E-state index contributed by atoms with van der Waals surface area (Å²) in [6.07, 6.45) is 6.74. The van der Waals surface area contributed by atoms with Gasteiger partial charge in [0.15, 0.2) is 0 Å². The van der Waals surface area contributed by atoms with Crippen molar-refractivity contribution in [3.05, 3.63) is 28.3 Å². The molecule has 198 valence electrons. The SMILES string of the molecule is CC(=O)N1CCC[C@H](CC(=O)Nc2cc(Cl)cc(CN3CCN(C(=O)C4CCCC4)[C@@H](C)C3)c2C)C1. The molecular formula is C28H41ClN4O3. The molecule has 8 heteroatoms.